The summed E-state index contributed by atoms with van der Waals surface area (Å²) in [6.07, 6.45) is 62.2. The molecule has 1 amide bonds. The first-order valence-electron chi connectivity index (χ1n) is 26.7. The zero-order valence-electron chi connectivity index (χ0n) is 39.4. The first kappa shape index (κ1) is 56.4. The number of hydrogen-bond acceptors (Lipinski definition) is 3. The zero-order chi connectivity index (χ0) is 41.4. The Labute approximate surface area is 359 Å². The molecule has 0 heterocycles. The molecular formula is C53H107NO3. The summed E-state index contributed by atoms with van der Waals surface area (Å²) in [5.74, 6) is -0.0236. The van der Waals surface area contributed by atoms with Gasteiger partial charge in [-0.25, -0.2) is 0 Å². The molecule has 0 aromatic heterocycles. The third kappa shape index (κ3) is 46.3. The summed E-state index contributed by atoms with van der Waals surface area (Å²) in [5.41, 5.74) is 0. The maximum atomic E-state index is 12.4. The van der Waals surface area contributed by atoms with Crippen LogP contribution in [0.1, 0.15) is 316 Å². The smallest absolute Gasteiger partial charge is 0.220 e. The second kappa shape index (κ2) is 49.8. The minimum Gasteiger partial charge on any atom is -0.394 e. The highest BCUT2D eigenvalue weighted by molar-refractivity contribution is 5.76. The molecule has 0 radical (unpaired) electrons. The van der Waals surface area contributed by atoms with Gasteiger partial charge in [-0.15, -0.1) is 0 Å². The Morgan fingerprint density at radius 2 is 0.561 bits per heavy atom. The van der Waals surface area contributed by atoms with Crippen molar-refractivity contribution in [2.24, 2.45) is 0 Å². The van der Waals surface area contributed by atoms with Crippen LogP contribution in [0.2, 0.25) is 0 Å². The number of nitrogens with one attached hydrogen (secondary N) is 1. The minimum atomic E-state index is -0.654. The lowest BCUT2D eigenvalue weighted by molar-refractivity contribution is -0.123. The lowest BCUT2D eigenvalue weighted by Gasteiger charge is -2.22. The van der Waals surface area contributed by atoms with Crippen LogP contribution in [-0.2, 0) is 4.79 Å². The largest absolute Gasteiger partial charge is 0.394 e. The molecule has 0 fully saturated rings. The van der Waals surface area contributed by atoms with Crippen LogP contribution < -0.4 is 5.32 Å². The van der Waals surface area contributed by atoms with Crippen LogP contribution in [0.5, 0.6) is 0 Å². The molecule has 4 nitrogen and oxygen atoms in total. The zero-order valence-corrected chi connectivity index (χ0v) is 39.4. The van der Waals surface area contributed by atoms with Crippen LogP contribution in [0, 0.1) is 0 Å². The number of hydrogen-bond donors (Lipinski definition) is 3. The predicted molar refractivity (Wildman–Crippen MR) is 253 cm³/mol. The summed E-state index contributed by atoms with van der Waals surface area (Å²) >= 11 is 0. The van der Waals surface area contributed by atoms with E-state index in [0.717, 1.165) is 25.7 Å². The van der Waals surface area contributed by atoms with Crippen LogP contribution in [0.15, 0.2) is 0 Å². The van der Waals surface area contributed by atoms with Crippen LogP contribution in [0.4, 0.5) is 0 Å². The highest BCUT2D eigenvalue weighted by Gasteiger charge is 2.20. The number of carbonyl (C=O) groups is 1. The Morgan fingerprint density at radius 1 is 0.351 bits per heavy atom. The topological polar surface area (TPSA) is 69.6 Å². The van der Waals surface area contributed by atoms with E-state index in [9.17, 15) is 15.0 Å². The van der Waals surface area contributed by atoms with E-state index in [0.29, 0.717) is 12.8 Å². The van der Waals surface area contributed by atoms with E-state index in [1.165, 1.54) is 263 Å². The SMILES string of the molecule is CCCCCCCCCCCCCCCCCCCCCCCCCCCCCCC(O)C(CO)NC(=O)CCCCCCCCCCCCCCCCCCC. The molecule has 342 valence electrons. The number of amides is 1. The molecule has 0 saturated carbocycles. The summed E-state index contributed by atoms with van der Waals surface area (Å²) in [7, 11) is 0. The molecule has 0 aromatic rings. The van der Waals surface area contributed by atoms with Crippen molar-refractivity contribution >= 4 is 5.91 Å². The lowest BCUT2D eigenvalue weighted by Crippen LogP contribution is -2.45. The first-order chi connectivity index (χ1) is 28.2. The van der Waals surface area contributed by atoms with Crippen molar-refractivity contribution in [2.75, 3.05) is 6.61 Å². The predicted octanol–water partition coefficient (Wildman–Crippen LogP) is 17.2. The van der Waals surface area contributed by atoms with E-state index in [4.69, 9.17) is 0 Å². The lowest BCUT2D eigenvalue weighted by atomic mass is 10.0. The average molecular weight is 806 g/mol. The van der Waals surface area contributed by atoms with Gasteiger partial charge in [-0.1, -0.05) is 296 Å². The van der Waals surface area contributed by atoms with E-state index in [1.807, 2.05) is 0 Å². The molecule has 0 rings (SSSR count). The molecule has 0 saturated heterocycles. The molecule has 0 bridgehead atoms. The monoisotopic (exact) mass is 806 g/mol. The van der Waals surface area contributed by atoms with E-state index >= 15 is 0 Å². The second-order valence-electron chi connectivity index (χ2n) is 18.7. The molecule has 3 N–H and O–H groups in total. The number of aliphatic hydroxyl groups excluding tert-OH is 2. The molecule has 57 heavy (non-hydrogen) atoms. The van der Waals surface area contributed by atoms with E-state index < -0.39 is 12.1 Å². The van der Waals surface area contributed by atoms with Gasteiger partial charge in [0.05, 0.1) is 18.8 Å². The first-order valence-corrected chi connectivity index (χ1v) is 26.7. The summed E-state index contributed by atoms with van der Waals surface area (Å²) < 4.78 is 0. The van der Waals surface area contributed by atoms with Gasteiger partial charge < -0.3 is 15.5 Å². The maximum Gasteiger partial charge on any atom is 0.220 e. The third-order valence-corrected chi connectivity index (χ3v) is 12.9. The highest BCUT2D eigenvalue weighted by Crippen LogP contribution is 2.18. The molecule has 0 aliphatic heterocycles. The Kier molecular flexibility index (Phi) is 49.2. The molecule has 0 aromatic carbocycles. The van der Waals surface area contributed by atoms with Crippen molar-refractivity contribution in [3.05, 3.63) is 0 Å². The molecular weight excluding hydrogens is 699 g/mol. The van der Waals surface area contributed by atoms with Gasteiger partial charge in [0, 0.05) is 6.42 Å². The van der Waals surface area contributed by atoms with Gasteiger partial charge in [-0.2, -0.15) is 0 Å². The van der Waals surface area contributed by atoms with Crippen molar-refractivity contribution in [3.8, 4) is 0 Å². The fraction of sp³-hybridized carbons (Fsp3) is 0.981. The molecule has 0 aliphatic rings. The quantitative estimate of drug-likeness (QED) is 0.0536. The van der Waals surface area contributed by atoms with Crippen LogP contribution in [-0.4, -0.2) is 34.9 Å². The minimum absolute atomic E-state index is 0.0236. The van der Waals surface area contributed by atoms with Crippen molar-refractivity contribution in [1.29, 1.82) is 0 Å². The summed E-state index contributed by atoms with van der Waals surface area (Å²) in [6.45, 7) is 4.40. The maximum absolute atomic E-state index is 12.4. The Balaban J connectivity index is 3.39. The molecule has 2 unspecified atom stereocenters. The summed E-state index contributed by atoms with van der Waals surface area (Å²) in [5, 5.41) is 23.3. The van der Waals surface area contributed by atoms with Crippen molar-refractivity contribution < 1.29 is 15.0 Å². The standard InChI is InChI=1S/C53H107NO3/c1-3-5-7-9-11-13-15-17-19-21-22-23-24-25-26-27-28-29-30-31-33-34-36-38-40-42-44-46-48-52(56)51(50-55)54-53(57)49-47-45-43-41-39-37-35-32-20-18-16-14-12-10-8-6-4-2/h51-52,55-56H,3-50H2,1-2H3,(H,54,57). The third-order valence-electron chi connectivity index (χ3n) is 12.9. The number of carbonyl (C=O) groups excluding carboxylic acids is 1. The van der Waals surface area contributed by atoms with E-state index in [-0.39, 0.29) is 12.5 Å². The summed E-state index contributed by atoms with van der Waals surface area (Å²) in [6, 6.07) is -0.530. The molecule has 0 spiro atoms. The van der Waals surface area contributed by atoms with Crippen LogP contribution in [0.3, 0.4) is 0 Å². The number of aliphatic hydroxyl groups is 2. The fourth-order valence-corrected chi connectivity index (χ4v) is 8.78. The average Bonchev–Trinajstić information content (AvgIpc) is 3.22. The Bertz CT molecular complexity index is 744. The van der Waals surface area contributed by atoms with E-state index in [2.05, 4.69) is 19.2 Å². The normalized spacial score (nSPS) is 12.7. The Hall–Kier alpha value is -0.610. The van der Waals surface area contributed by atoms with Gasteiger partial charge in [-0.05, 0) is 12.8 Å². The van der Waals surface area contributed by atoms with Crippen LogP contribution in [0.25, 0.3) is 0 Å². The van der Waals surface area contributed by atoms with Gasteiger partial charge in [0.2, 0.25) is 5.91 Å². The highest BCUT2D eigenvalue weighted by atomic mass is 16.3. The Morgan fingerprint density at radius 3 is 0.789 bits per heavy atom. The van der Waals surface area contributed by atoms with Gasteiger partial charge in [0.1, 0.15) is 0 Å². The summed E-state index contributed by atoms with van der Waals surface area (Å²) in [4.78, 5) is 12.4. The van der Waals surface area contributed by atoms with Crippen molar-refractivity contribution in [2.45, 2.75) is 328 Å². The van der Waals surface area contributed by atoms with Crippen molar-refractivity contribution in [1.82, 2.24) is 5.32 Å². The van der Waals surface area contributed by atoms with E-state index in [1.54, 1.807) is 0 Å². The fourth-order valence-electron chi connectivity index (χ4n) is 8.78. The second-order valence-corrected chi connectivity index (χ2v) is 18.7. The molecule has 0 aliphatic carbocycles. The number of rotatable bonds is 50. The van der Waals surface area contributed by atoms with Crippen LogP contribution >= 0.6 is 0 Å². The van der Waals surface area contributed by atoms with Crippen molar-refractivity contribution in [3.63, 3.8) is 0 Å². The molecule has 2 atom stereocenters. The van der Waals surface area contributed by atoms with Gasteiger partial charge >= 0.3 is 0 Å². The van der Waals surface area contributed by atoms with Gasteiger partial charge in [-0.3, -0.25) is 4.79 Å². The molecule has 4 heteroatoms. The number of unbranched alkanes of at least 4 members (excludes halogenated alkanes) is 43. The van der Waals surface area contributed by atoms with Gasteiger partial charge in [0.25, 0.3) is 0 Å². The van der Waals surface area contributed by atoms with Gasteiger partial charge in [0.15, 0.2) is 0 Å².